The molecule has 0 aliphatic heterocycles. The van der Waals surface area contributed by atoms with E-state index in [1.54, 1.807) is 42.5 Å². The summed E-state index contributed by atoms with van der Waals surface area (Å²) in [5, 5.41) is 0. The molecule has 0 saturated carbocycles. The molecule has 21 heavy (non-hydrogen) atoms. The van der Waals surface area contributed by atoms with Gasteiger partial charge in [-0.3, -0.25) is 4.72 Å². The number of hydrogen-bond acceptors (Lipinski definition) is 3. The SMILES string of the molecule is CCC(N)c1cccc(S(=O)(=O)Nc2ccc(Br)cc2)c1. The minimum Gasteiger partial charge on any atom is -0.324 e. The highest BCUT2D eigenvalue weighted by Crippen LogP contribution is 2.21. The number of benzene rings is 2. The molecule has 4 nitrogen and oxygen atoms in total. The molecule has 3 N–H and O–H groups in total. The fourth-order valence-electron chi connectivity index (χ4n) is 1.88. The lowest BCUT2D eigenvalue weighted by atomic mass is 10.1. The van der Waals surface area contributed by atoms with Crippen LogP contribution in [0.2, 0.25) is 0 Å². The number of nitrogens with two attached hydrogens (primary N) is 1. The largest absolute Gasteiger partial charge is 0.324 e. The average Bonchev–Trinajstić information content (AvgIpc) is 2.49. The Kier molecular flexibility index (Phi) is 5.03. The number of anilines is 1. The fraction of sp³-hybridized carbons (Fsp3) is 0.200. The highest BCUT2D eigenvalue weighted by Gasteiger charge is 2.15. The van der Waals surface area contributed by atoms with E-state index < -0.39 is 10.0 Å². The van der Waals surface area contributed by atoms with Gasteiger partial charge in [-0.1, -0.05) is 35.0 Å². The van der Waals surface area contributed by atoms with Gasteiger partial charge in [0.15, 0.2) is 0 Å². The second-order valence-corrected chi connectivity index (χ2v) is 7.30. The van der Waals surface area contributed by atoms with Crippen LogP contribution < -0.4 is 10.5 Å². The van der Waals surface area contributed by atoms with E-state index in [2.05, 4.69) is 20.7 Å². The van der Waals surface area contributed by atoms with Crippen molar-refractivity contribution in [3.05, 3.63) is 58.6 Å². The Morgan fingerprint density at radius 2 is 1.86 bits per heavy atom. The predicted octanol–water partition coefficient (Wildman–Crippen LogP) is 3.66. The van der Waals surface area contributed by atoms with Gasteiger partial charge in [0.2, 0.25) is 0 Å². The predicted molar refractivity (Wildman–Crippen MR) is 88.6 cm³/mol. The quantitative estimate of drug-likeness (QED) is 0.845. The van der Waals surface area contributed by atoms with Crippen LogP contribution in [0.25, 0.3) is 0 Å². The third-order valence-corrected chi connectivity index (χ3v) is 5.04. The number of halogens is 1. The number of sulfonamides is 1. The van der Waals surface area contributed by atoms with Crippen LogP contribution in [0.15, 0.2) is 57.9 Å². The van der Waals surface area contributed by atoms with Crippen LogP contribution in [-0.2, 0) is 10.0 Å². The van der Waals surface area contributed by atoms with Gasteiger partial charge in [-0.2, -0.15) is 0 Å². The highest BCUT2D eigenvalue weighted by molar-refractivity contribution is 9.10. The second-order valence-electron chi connectivity index (χ2n) is 4.70. The van der Waals surface area contributed by atoms with Gasteiger partial charge >= 0.3 is 0 Å². The van der Waals surface area contributed by atoms with Crippen molar-refractivity contribution in [2.24, 2.45) is 5.73 Å². The maximum absolute atomic E-state index is 12.4. The van der Waals surface area contributed by atoms with Crippen molar-refractivity contribution >= 4 is 31.6 Å². The van der Waals surface area contributed by atoms with E-state index in [1.165, 1.54) is 0 Å². The average molecular weight is 369 g/mol. The Labute approximate surface area is 133 Å². The first-order chi connectivity index (χ1) is 9.92. The second kappa shape index (κ2) is 6.60. The van der Waals surface area contributed by atoms with Gasteiger partial charge < -0.3 is 5.73 Å². The molecule has 1 atom stereocenters. The Morgan fingerprint density at radius 1 is 1.19 bits per heavy atom. The number of rotatable bonds is 5. The molecular formula is C15H17BrN2O2S. The summed E-state index contributed by atoms with van der Waals surface area (Å²) in [6, 6.07) is 13.5. The molecule has 0 aliphatic rings. The zero-order chi connectivity index (χ0) is 15.5. The molecule has 0 spiro atoms. The molecule has 0 radical (unpaired) electrons. The summed E-state index contributed by atoms with van der Waals surface area (Å²) >= 11 is 3.31. The van der Waals surface area contributed by atoms with E-state index >= 15 is 0 Å². The van der Waals surface area contributed by atoms with E-state index in [0.29, 0.717) is 5.69 Å². The molecule has 112 valence electrons. The molecule has 1 unspecified atom stereocenters. The topological polar surface area (TPSA) is 72.2 Å². The Balaban J connectivity index is 2.29. The zero-order valence-corrected chi connectivity index (χ0v) is 14.0. The Morgan fingerprint density at radius 3 is 2.48 bits per heavy atom. The van der Waals surface area contributed by atoms with Crippen LogP contribution in [0.4, 0.5) is 5.69 Å². The van der Waals surface area contributed by atoms with E-state index in [1.807, 2.05) is 13.0 Å². The number of nitrogens with one attached hydrogen (secondary N) is 1. The summed E-state index contributed by atoms with van der Waals surface area (Å²) in [6.45, 7) is 1.96. The first-order valence-corrected chi connectivity index (χ1v) is 8.84. The summed E-state index contributed by atoms with van der Waals surface area (Å²) in [6.07, 6.45) is 0.754. The minimum absolute atomic E-state index is 0.159. The first-order valence-electron chi connectivity index (χ1n) is 6.56. The third-order valence-electron chi connectivity index (χ3n) is 3.13. The normalized spacial score (nSPS) is 12.9. The van der Waals surface area contributed by atoms with Crippen molar-refractivity contribution in [1.82, 2.24) is 0 Å². The van der Waals surface area contributed by atoms with Crippen molar-refractivity contribution < 1.29 is 8.42 Å². The maximum atomic E-state index is 12.4. The maximum Gasteiger partial charge on any atom is 0.261 e. The summed E-state index contributed by atoms with van der Waals surface area (Å²) in [4.78, 5) is 0.215. The lowest BCUT2D eigenvalue weighted by Crippen LogP contribution is -2.14. The van der Waals surface area contributed by atoms with Crippen molar-refractivity contribution in [3.63, 3.8) is 0 Å². The highest BCUT2D eigenvalue weighted by atomic mass is 79.9. The van der Waals surface area contributed by atoms with Gasteiger partial charge in [0.1, 0.15) is 0 Å². The van der Waals surface area contributed by atoms with Gasteiger partial charge in [0.25, 0.3) is 10.0 Å². The van der Waals surface area contributed by atoms with Gasteiger partial charge in [-0.25, -0.2) is 8.42 Å². The third kappa shape index (κ3) is 4.06. The van der Waals surface area contributed by atoms with Crippen molar-refractivity contribution in [2.45, 2.75) is 24.3 Å². The van der Waals surface area contributed by atoms with Gasteiger partial charge in [0.05, 0.1) is 4.90 Å². The molecule has 2 aromatic rings. The summed E-state index contributed by atoms with van der Waals surface area (Å²) in [7, 11) is -3.61. The van der Waals surface area contributed by atoms with E-state index in [9.17, 15) is 8.42 Å². The smallest absolute Gasteiger partial charge is 0.261 e. The molecule has 0 fully saturated rings. The molecular weight excluding hydrogens is 352 g/mol. The molecule has 0 bridgehead atoms. The lowest BCUT2D eigenvalue weighted by molar-refractivity contribution is 0.600. The summed E-state index contributed by atoms with van der Waals surface area (Å²) < 4.78 is 28.2. The van der Waals surface area contributed by atoms with E-state index in [-0.39, 0.29) is 10.9 Å². The molecule has 0 aliphatic carbocycles. The van der Waals surface area contributed by atoms with Gasteiger partial charge in [-0.05, 0) is 48.4 Å². The van der Waals surface area contributed by atoms with Crippen molar-refractivity contribution in [2.75, 3.05) is 4.72 Å². The molecule has 6 heteroatoms. The van der Waals surface area contributed by atoms with Gasteiger partial charge in [0, 0.05) is 16.2 Å². The van der Waals surface area contributed by atoms with Crippen LogP contribution in [0.1, 0.15) is 24.9 Å². The molecule has 0 heterocycles. The standard InChI is InChI=1S/C15H17BrN2O2S/c1-2-15(17)11-4-3-5-14(10-11)21(19,20)18-13-8-6-12(16)7-9-13/h3-10,15,18H,2,17H2,1H3. The molecule has 0 saturated heterocycles. The summed E-state index contributed by atoms with van der Waals surface area (Å²) in [5.74, 6) is 0. The number of hydrogen-bond donors (Lipinski definition) is 2. The van der Waals surface area contributed by atoms with E-state index in [0.717, 1.165) is 16.5 Å². The van der Waals surface area contributed by atoms with Gasteiger partial charge in [-0.15, -0.1) is 0 Å². The van der Waals surface area contributed by atoms with Crippen LogP contribution in [0.3, 0.4) is 0 Å². The molecule has 0 amide bonds. The monoisotopic (exact) mass is 368 g/mol. The van der Waals surface area contributed by atoms with Crippen LogP contribution in [0, 0.1) is 0 Å². The first kappa shape index (κ1) is 16.0. The molecule has 0 aromatic heterocycles. The Bertz CT molecular complexity index is 715. The summed E-state index contributed by atoms with van der Waals surface area (Å²) in [5.41, 5.74) is 7.29. The minimum atomic E-state index is -3.61. The van der Waals surface area contributed by atoms with E-state index in [4.69, 9.17) is 5.73 Å². The lowest BCUT2D eigenvalue weighted by Gasteiger charge is -2.12. The zero-order valence-electron chi connectivity index (χ0n) is 11.6. The Hall–Kier alpha value is -1.37. The molecule has 2 rings (SSSR count). The van der Waals surface area contributed by atoms with Crippen molar-refractivity contribution in [1.29, 1.82) is 0 Å². The van der Waals surface area contributed by atoms with Crippen LogP contribution in [0.5, 0.6) is 0 Å². The molecule has 2 aromatic carbocycles. The fourth-order valence-corrected chi connectivity index (χ4v) is 3.26. The van der Waals surface area contributed by atoms with Crippen LogP contribution >= 0.6 is 15.9 Å². The van der Waals surface area contributed by atoms with Crippen molar-refractivity contribution in [3.8, 4) is 0 Å². The van der Waals surface area contributed by atoms with Crippen LogP contribution in [-0.4, -0.2) is 8.42 Å².